The predicted molar refractivity (Wildman–Crippen MR) is 107 cm³/mol. The number of pyridine rings is 1. The normalized spacial score (nSPS) is 15.3. The van der Waals surface area contributed by atoms with Gasteiger partial charge in [-0.15, -0.1) is 0 Å². The quantitative estimate of drug-likeness (QED) is 0.474. The number of aryl methyl sites for hydroxylation is 1. The SMILES string of the molecule is Cc1nc2n(c1-c1ccc(Oc3ccc(OC(F)F)cn3)c(F)c1F)CN(CC1CC1)C2=O. The maximum Gasteiger partial charge on any atom is 0.387 e. The van der Waals surface area contributed by atoms with E-state index >= 15 is 4.39 Å². The zero-order chi connectivity index (χ0) is 23.3. The summed E-state index contributed by atoms with van der Waals surface area (Å²) >= 11 is 0. The van der Waals surface area contributed by atoms with Gasteiger partial charge in [-0.25, -0.2) is 14.4 Å². The Morgan fingerprint density at radius 3 is 2.61 bits per heavy atom. The lowest BCUT2D eigenvalue weighted by Crippen LogP contribution is -2.27. The first-order valence-corrected chi connectivity index (χ1v) is 10.2. The van der Waals surface area contributed by atoms with Crippen LogP contribution in [0.3, 0.4) is 0 Å². The second-order valence-corrected chi connectivity index (χ2v) is 7.96. The van der Waals surface area contributed by atoms with Gasteiger partial charge in [0.05, 0.1) is 24.3 Å². The summed E-state index contributed by atoms with van der Waals surface area (Å²) in [4.78, 5) is 22.4. The average Bonchev–Trinajstić information content (AvgIpc) is 3.47. The van der Waals surface area contributed by atoms with E-state index in [1.807, 2.05) is 0 Å². The minimum atomic E-state index is -3.01. The third kappa shape index (κ3) is 3.98. The third-order valence-electron chi connectivity index (χ3n) is 5.56. The zero-order valence-electron chi connectivity index (χ0n) is 17.4. The molecule has 3 heterocycles. The van der Waals surface area contributed by atoms with E-state index in [4.69, 9.17) is 4.74 Å². The number of hydrogen-bond donors (Lipinski definition) is 0. The molecule has 172 valence electrons. The Labute approximate surface area is 185 Å². The molecule has 33 heavy (non-hydrogen) atoms. The maximum absolute atomic E-state index is 15.1. The van der Waals surface area contributed by atoms with E-state index in [0.29, 0.717) is 23.9 Å². The van der Waals surface area contributed by atoms with Gasteiger partial charge in [-0.2, -0.15) is 13.2 Å². The molecule has 1 fully saturated rings. The van der Waals surface area contributed by atoms with Crippen molar-refractivity contribution in [3.8, 4) is 28.6 Å². The smallest absolute Gasteiger partial charge is 0.387 e. The van der Waals surface area contributed by atoms with Crippen molar-refractivity contribution in [2.24, 2.45) is 5.92 Å². The summed E-state index contributed by atoms with van der Waals surface area (Å²) in [6, 6.07) is 4.93. The fraction of sp³-hybridized carbons (Fsp3) is 0.318. The number of hydrogen-bond acceptors (Lipinski definition) is 5. The van der Waals surface area contributed by atoms with Gasteiger partial charge in [0.15, 0.2) is 11.6 Å². The molecule has 2 aromatic heterocycles. The molecule has 3 aromatic rings. The van der Waals surface area contributed by atoms with Crippen LogP contribution in [0.1, 0.15) is 29.2 Å². The van der Waals surface area contributed by atoms with Crippen molar-refractivity contribution in [1.29, 1.82) is 0 Å². The minimum Gasteiger partial charge on any atom is -0.436 e. The number of carbonyl (C=O) groups excluding carboxylic acids is 1. The molecule has 1 aromatic carbocycles. The molecule has 0 radical (unpaired) electrons. The van der Waals surface area contributed by atoms with E-state index < -0.39 is 24.0 Å². The van der Waals surface area contributed by atoms with Crippen LogP contribution in [-0.4, -0.2) is 38.5 Å². The van der Waals surface area contributed by atoms with Crippen molar-refractivity contribution in [2.75, 3.05) is 6.54 Å². The number of aromatic nitrogens is 3. The van der Waals surface area contributed by atoms with Crippen LogP contribution < -0.4 is 9.47 Å². The number of halogens is 4. The standard InChI is InChI=1S/C22H18F4N4O3/c1-11-19(30-10-29(9-12-2-3-12)21(31)20(30)28-11)14-5-6-15(18(24)17(14)23)33-16-7-4-13(8-27-16)32-22(25)26/h4-8,12,22H,2-3,9-10H2,1H3. The van der Waals surface area contributed by atoms with Crippen molar-refractivity contribution >= 4 is 5.91 Å². The summed E-state index contributed by atoms with van der Waals surface area (Å²) in [5.74, 6) is -2.71. The number of fused-ring (bicyclic) bond motifs is 1. The van der Waals surface area contributed by atoms with Crippen molar-refractivity contribution in [3.05, 3.63) is 53.6 Å². The third-order valence-corrected chi connectivity index (χ3v) is 5.56. The molecule has 0 unspecified atom stereocenters. The number of nitrogens with zero attached hydrogens (tertiary/aromatic N) is 4. The van der Waals surface area contributed by atoms with Crippen LogP contribution in [0.2, 0.25) is 0 Å². The van der Waals surface area contributed by atoms with Gasteiger partial charge < -0.3 is 18.9 Å². The van der Waals surface area contributed by atoms with Crippen LogP contribution in [0.5, 0.6) is 17.4 Å². The van der Waals surface area contributed by atoms with E-state index in [1.54, 1.807) is 16.4 Å². The molecule has 0 bridgehead atoms. The Morgan fingerprint density at radius 2 is 1.94 bits per heavy atom. The van der Waals surface area contributed by atoms with E-state index in [9.17, 15) is 18.0 Å². The molecule has 2 aliphatic rings. The monoisotopic (exact) mass is 462 g/mol. The average molecular weight is 462 g/mol. The van der Waals surface area contributed by atoms with Crippen LogP contribution in [0.4, 0.5) is 17.6 Å². The van der Waals surface area contributed by atoms with Gasteiger partial charge in [0.2, 0.25) is 17.5 Å². The van der Waals surface area contributed by atoms with Crippen LogP contribution in [-0.2, 0) is 6.67 Å². The first-order chi connectivity index (χ1) is 15.8. The van der Waals surface area contributed by atoms with E-state index in [1.165, 1.54) is 24.3 Å². The highest BCUT2D eigenvalue weighted by Gasteiger charge is 2.37. The van der Waals surface area contributed by atoms with E-state index in [2.05, 4.69) is 14.7 Å². The van der Waals surface area contributed by atoms with Crippen LogP contribution in [0.15, 0.2) is 30.5 Å². The minimum absolute atomic E-state index is 0.0502. The van der Waals surface area contributed by atoms with Gasteiger partial charge in [0.1, 0.15) is 5.75 Å². The van der Waals surface area contributed by atoms with Crippen LogP contribution in [0.25, 0.3) is 11.3 Å². The Bertz CT molecular complexity index is 1230. The second kappa shape index (κ2) is 8.05. The molecule has 1 aliphatic carbocycles. The fourth-order valence-electron chi connectivity index (χ4n) is 3.85. The second-order valence-electron chi connectivity index (χ2n) is 7.96. The number of alkyl halides is 2. The largest absolute Gasteiger partial charge is 0.436 e. The Balaban J connectivity index is 1.41. The molecule has 5 rings (SSSR count). The number of imidazole rings is 1. The number of rotatable bonds is 7. The van der Waals surface area contributed by atoms with Gasteiger partial charge >= 0.3 is 6.61 Å². The molecule has 0 spiro atoms. The highest BCUT2D eigenvalue weighted by molar-refractivity contribution is 5.94. The lowest BCUT2D eigenvalue weighted by Gasteiger charge is -2.16. The number of carbonyl (C=O) groups is 1. The summed E-state index contributed by atoms with van der Waals surface area (Å²) in [6.45, 7) is -0.522. The molecule has 0 saturated heterocycles. The Kier molecular flexibility index (Phi) is 5.18. The van der Waals surface area contributed by atoms with Gasteiger partial charge in [0.25, 0.3) is 5.91 Å². The first-order valence-electron chi connectivity index (χ1n) is 10.2. The molecular weight excluding hydrogens is 444 g/mol. The lowest BCUT2D eigenvalue weighted by molar-refractivity contribution is -0.0501. The van der Waals surface area contributed by atoms with E-state index in [-0.39, 0.29) is 35.6 Å². The molecule has 1 aliphatic heterocycles. The molecule has 0 N–H and O–H groups in total. The molecular formula is C22H18F4N4O3. The number of amides is 1. The molecule has 11 heteroatoms. The Hall–Kier alpha value is -3.63. The fourth-order valence-corrected chi connectivity index (χ4v) is 3.85. The lowest BCUT2D eigenvalue weighted by atomic mass is 10.1. The molecule has 7 nitrogen and oxygen atoms in total. The maximum atomic E-state index is 15.1. The highest BCUT2D eigenvalue weighted by atomic mass is 19.3. The Morgan fingerprint density at radius 1 is 1.15 bits per heavy atom. The molecule has 0 atom stereocenters. The van der Waals surface area contributed by atoms with Crippen molar-refractivity contribution in [1.82, 2.24) is 19.4 Å². The summed E-state index contributed by atoms with van der Waals surface area (Å²) in [5, 5.41) is 0. The summed E-state index contributed by atoms with van der Waals surface area (Å²) in [7, 11) is 0. The summed E-state index contributed by atoms with van der Waals surface area (Å²) < 4.78 is 65.5. The van der Waals surface area contributed by atoms with E-state index in [0.717, 1.165) is 19.0 Å². The number of benzene rings is 1. The van der Waals surface area contributed by atoms with Crippen LogP contribution >= 0.6 is 0 Å². The topological polar surface area (TPSA) is 69.5 Å². The first kappa shape index (κ1) is 21.2. The predicted octanol–water partition coefficient (Wildman–Crippen LogP) is 4.75. The molecule has 1 saturated carbocycles. The van der Waals surface area contributed by atoms with Gasteiger partial charge in [0, 0.05) is 18.2 Å². The summed E-state index contributed by atoms with van der Waals surface area (Å²) in [5.41, 5.74) is 0.685. The van der Waals surface area contributed by atoms with Gasteiger partial charge in [-0.05, 0) is 43.9 Å². The number of ether oxygens (including phenoxy) is 2. The van der Waals surface area contributed by atoms with Crippen molar-refractivity contribution in [3.63, 3.8) is 0 Å². The molecule has 1 amide bonds. The van der Waals surface area contributed by atoms with Crippen LogP contribution in [0, 0.1) is 24.5 Å². The van der Waals surface area contributed by atoms with Gasteiger partial charge in [-0.1, -0.05) is 0 Å². The zero-order valence-corrected chi connectivity index (χ0v) is 17.4. The van der Waals surface area contributed by atoms with Crippen molar-refractivity contribution in [2.45, 2.75) is 33.0 Å². The van der Waals surface area contributed by atoms with Crippen molar-refractivity contribution < 1.29 is 31.8 Å². The summed E-state index contributed by atoms with van der Waals surface area (Å²) in [6.07, 6.45) is 3.14. The van der Waals surface area contributed by atoms with Gasteiger partial charge in [-0.3, -0.25) is 4.79 Å². The highest BCUT2D eigenvalue weighted by Crippen LogP contribution is 2.37.